The van der Waals surface area contributed by atoms with E-state index in [9.17, 15) is 22.8 Å². The van der Waals surface area contributed by atoms with Crippen LogP contribution in [-0.2, 0) is 9.47 Å². The minimum absolute atomic E-state index is 0.0348. The second kappa shape index (κ2) is 17.5. The molecule has 3 aromatic carbocycles. The van der Waals surface area contributed by atoms with Crippen LogP contribution in [0.25, 0.3) is 11.1 Å². The highest BCUT2D eigenvalue weighted by Crippen LogP contribution is 2.36. The Balaban J connectivity index is 1.84. The number of hydrogen-bond donors (Lipinski definition) is 0. The summed E-state index contributed by atoms with van der Waals surface area (Å²) in [6.07, 6.45) is -2.95. The number of benzene rings is 3. The number of esters is 2. The predicted octanol–water partition coefficient (Wildman–Crippen LogP) is 9.35. The number of rotatable bonds is 17. The third kappa shape index (κ3) is 10.3. The zero-order valence-corrected chi connectivity index (χ0v) is 25.8. The van der Waals surface area contributed by atoms with E-state index >= 15 is 4.39 Å². The summed E-state index contributed by atoms with van der Waals surface area (Å²) in [5, 5.41) is 0. The zero-order chi connectivity index (χ0) is 32.8. The number of para-hydroxylation sites is 1. The van der Waals surface area contributed by atoms with E-state index < -0.39 is 41.2 Å². The molecule has 2 unspecified atom stereocenters. The van der Waals surface area contributed by atoms with Gasteiger partial charge in [-0.15, -0.1) is 0 Å². The van der Waals surface area contributed by atoms with Crippen molar-refractivity contribution in [3.63, 3.8) is 0 Å². The van der Waals surface area contributed by atoms with E-state index in [0.29, 0.717) is 30.4 Å². The van der Waals surface area contributed by atoms with Crippen molar-refractivity contribution in [2.75, 3.05) is 13.7 Å². The van der Waals surface area contributed by atoms with Crippen LogP contribution in [-0.4, -0.2) is 44.0 Å². The molecule has 0 saturated carbocycles. The molecule has 2 atom stereocenters. The highest BCUT2D eigenvalue weighted by Gasteiger charge is 2.42. The molecular weight excluding hydrogens is 592 g/mol. The average Bonchev–Trinajstić information content (AvgIpc) is 3.03. The first-order valence-corrected chi connectivity index (χ1v) is 15.2. The molecule has 244 valence electrons. The lowest BCUT2D eigenvalue weighted by molar-refractivity contribution is -0.206. The van der Waals surface area contributed by atoms with Crippen LogP contribution in [0.3, 0.4) is 0 Å². The second-order valence-electron chi connectivity index (χ2n) is 10.6. The SMILES string of the molecule is CCCCCCC(OC(=O)c1ccccc1OC(=O)c1ccc(-c2ccccc2)c(OCCCC(CC)OC)c1F)C(F)(F)F. The summed E-state index contributed by atoms with van der Waals surface area (Å²) >= 11 is 0. The molecule has 0 saturated heterocycles. The Morgan fingerprint density at radius 3 is 2.18 bits per heavy atom. The van der Waals surface area contributed by atoms with E-state index in [-0.39, 0.29) is 37.1 Å². The first-order valence-electron chi connectivity index (χ1n) is 15.2. The molecule has 0 aliphatic rings. The van der Waals surface area contributed by atoms with Crippen LogP contribution in [0.2, 0.25) is 0 Å². The summed E-state index contributed by atoms with van der Waals surface area (Å²) in [6, 6.07) is 16.9. The second-order valence-corrected chi connectivity index (χ2v) is 10.6. The summed E-state index contributed by atoms with van der Waals surface area (Å²) < 4.78 is 78.3. The van der Waals surface area contributed by atoms with Gasteiger partial charge in [0.2, 0.25) is 0 Å². The number of carbonyl (C=O) groups is 2. The lowest BCUT2D eigenvalue weighted by Gasteiger charge is -2.21. The summed E-state index contributed by atoms with van der Waals surface area (Å²) in [6.45, 7) is 4.09. The van der Waals surface area contributed by atoms with Crippen molar-refractivity contribution in [1.29, 1.82) is 0 Å². The van der Waals surface area contributed by atoms with Crippen molar-refractivity contribution in [1.82, 2.24) is 0 Å². The molecule has 3 aromatic rings. The number of hydrogen-bond acceptors (Lipinski definition) is 6. The Kier molecular flexibility index (Phi) is 13.9. The lowest BCUT2D eigenvalue weighted by atomic mass is 10.0. The summed E-state index contributed by atoms with van der Waals surface area (Å²) in [5.74, 6) is -3.94. The van der Waals surface area contributed by atoms with Crippen LogP contribution in [0.1, 0.15) is 85.9 Å². The van der Waals surface area contributed by atoms with Gasteiger partial charge in [0.25, 0.3) is 0 Å². The van der Waals surface area contributed by atoms with Gasteiger partial charge in [-0.3, -0.25) is 0 Å². The fourth-order valence-electron chi connectivity index (χ4n) is 4.79. The van der Waals surface area contributed by atoms with Crippen molar-refractivity contribution in [3.05, 3.63) is 83.7 Å². The molecule has 0 N–H and O–H groups in total. The van der Waals surface area contributed by atoms with Crippen LogP contribution in [0.5, 0.6) is 11.5 Å². The highest BCUT2D eigenvalue weighted by atomic mass is 19.4. The fraction of sp³-hybridized carbons (Fsp3) is 0.429. The largest absolute Gasteiger partial charge is 0.490 e. The molecule has 0 amide bonds. The molecule has 0 aliphatic heterocycles. The van der Waals surface area contributed by atoms with Gasteiger partial charge in [0.1, 0.15) is 11.3 Å². The fourth-order valence-corrected chi connectivity index (χ4v) is 4.79. The highest BCUT2D eigenvalue weighted by molar-refractivity contribution is 5.97. The molecule has 6 nitrogen and oxygen atoms in total. The van der Waals surface area contributed by atoms with E-state index in [1.807, 2.05) is 19.9 Å². The number of alkyl halides is 3. The minimum Gasteiger partial charge on any atom is -0.490 e. The van der Waals surface area contributed by atoms with Crippen LogP contribution in [0.15, 0.2) is 66.7 Å². The van der Waals surface area contributed by atoms with Gasteiger partial charge in [0.15, 0.2) is 17.7 Å². The van der Waals surface area contributed by atoms with E-state index in [2.05, 4.69) is 0 Å². The van der Waals surface area contributed by atoms with Crippen molar-refractivity contribution in [2.45, 2.75) is 83.6 Å². The van der Waals surface area contributed by atoms with Gasteiger partial charge in [-0.05, 0) is 61.9 Å². The Labute approximate surface area is 261 Å². The molecule has 3 rings (SSSR count). The van der Waals surface area contributed by atoms with Crippen LogP contribution < -0.4 is 9.47 Å². The van der Waals surface area contributed by atoms with Gasteiger partial charge >= 0.3 is 18.1 Å². The molecule has 0 aliphatic carbocycles. The van der Waals surface area contributed by atoms with Crippen LogP contribution in [0, 0.1) is 5.82 Å². The maximum absolute atomic E-state index is 16.0. The van der Waals surface area contributed by atoms with E-state index in [4.69, 9.17) is 18.9 Å². The third-order valence-corrected chi connectivity index (χ3v) is 7.35. The van der Waals surface area contributed by atoms with Gasteiger partial charge < -0.3 is 18.9 Å². The number of halogens is 4. The normalized spacial score (nSPS) is 12.8. The summed E-state index contributed by atoms with van der Waals surface area (Å²) in [5.41, 5.74) is 0.219. The maximum Gasteiger partial charge on any atom is 0.425 e. The molecule has 10 heteroatoms. The summed E-state index contributed by atoms with van der Waals surface area (Å²) in [4.78, 5) is 26.1. The lowest BCUT2D eigenvalue weighted by Crippen LogP contribution is -2.34. The molecule has 0 fully saturated rings. The van der Waals surface area contributed by atoms with Crippen molar-refractivity contribution in [3.8, 4) is 22.6 Å². The van der Waals surface area contributed by atoms with Gasteiger partial charge in [-0.2, -0.15) is 13.2 Å². The molecule has 0 aromatic heterocycles. The third-order valence-electron chi connectivity index (χ3n) is 7.35. The maximum atomic E-state index is 16.0. The Bertz CT molecular complexity index is 1370. The van der Waals surface area contributed by atoms with Crippen LogP contribution >= 0.6 is 0 Å². The molecule has 0 heterocycles. The van der Waals surface area contributed by atoms with Crippen molar-refractivity contribution >= 4 is 11.9 Å². The number of carbonyl (C=O) groups excluding carboxylic acids is 2. The van der Waals surface area contributed by atoms with E-state index in [0.717, 1.165) is 19.3 Å². The Morgan fingerprint density at radius 2 is 1.51 bits per heavy atom. The Hall–Kier alpha value is -3.92. The number of unbranched alkanes of at least 4 members (excludes halogenated alkanes) is 3. The van der Waals surface area contributed by atoms with Crippen molar-refractivity contribution < 1.29 is 46.1 Å². The smallest absolute Gasteiger partial charge is 0.425 e. The zero-order valence-electron chi connectivity index (χ0n) is 25.8. The first kappa shape index (κ1) is 35.6. The topological polar surface area (TPSA) is 71.1 Å². The van der Waals surface area contributed by atoms with Gasteiger partial charge in [-0.25, -0.2) is 14.0 Å². The predicted molar refractivity (Wildman–Crippen MR) is 163 cm³/mol. The number of methoxy groups -OCH3 is 1. The first-order chi connectivity index (χ1) is 21.6. The quantitative estimate of drug-likeness (QED) is 0.0639. The van der Waals surface area contributed by atoms with Gasteiger partial charge in [0.05, 0.1) is 18.3 Å². The minimum atomic E-state index is -4.77. The van der Waals surface area contributed by atoms with Crippen LogP contribution in [0.4, 0.5) is 17.6 Å². The standard InChI is InChI=1S/C35H40F4O6/c1-4-6-7-11-20-30(35(37,38)39)45-33(40)27-18-12-13-19-29(27)44-34(41)28-22-21-26(24-15-9-8-10-16-24)32(31(28)36)43-23-14-17-25(5-2)42-3/h8-10,12-13,15-16,18-19,21-22,25,30H,4-7,11,14,17,20,23H2,1-3H3. The van der Waals surface area contributed by atoms with E-state index in [1.165, 1.54) is 36.4 Å². The average molecular weight is 633 g/mol. The molecular formula is C35H40F4O6. The molecule has 45 heavy (non-hydrogen) atoms. The monoisotopic (exact) mass is 632 g/mol. The number of ether oxygens (including phenoxy) is 4. The Morgan fingerprint density at radius 1 is 0.800 bits per heavy atom. The van der Waals surface area contributed by atoms with Crippen molar-refractivity contribution in [2.24, 2.45) is 0 Å². The van der Waals surface area contributed by atoms with E-state index in [1.54, 1.807) is 31.4 Å². The molecule has 0 bridgehead atoms. The molecule has 0 spiro atoms. The molecule has 0 radical (unpaired) electrons. The van der Waals surface area contributed by atoms with Gasteiger partial charge in [0, 0.05) is 12.7 Å². The van der Waals surface area contributed by atoms with Gasteiger partial charge in [-0.1, -0.05) is 75.6 Å². The summed E-state index contributed by atoms with van der Waals surface area (Å²) in [7, 11) is 1.62.